The van der Waals surface area contributed by atoms with Gasteiger partial charge in [0.05, 0.1) is 36.3 Å². The first-order valence-electron chi connectivity index (χ1n) is 11.0. The molecular formula is C25H22F3N5O4. The third-order valence-corrected chi connectivity index (χ3v) is 5.32. The van der Waals surface area contributed by atoms with Crippen molar-refractivity contribution >= 4 is 23.2 Å². The number of nitrogens with two attached hydrogens (primary N) is 1. The Hall–Kier alpha value is -4.61. The number of halogens is 3. The molecule has 192 valence electrons. The molecule has 0 spiro atoms. The lowest BCUT2D eigenvalue weighted by Gasteiger charge is -2.17. The fraction of sp³-hybridized carbons (Fsp3) is 0.200. The zero-order chi connectivity index (χ0) is 26.7. The van der Waals surface area contributed by atoms with E-state index in [1.54, 1.807) is 25.1 Å². The fourth-order valence-corrected chi connectivity index (χ4v) is 3.63. The van der Waals surface area contributed by atoms with E-state index in [2.05, 4.69) is 10.1 Å². The van der Waals surface area contributed by atoms with Gasteiger partial charge >= 0.3 is 12.3 Å². The van der Waals surface area contributed by atoms with E-state index < -0.39 is 23.3 Å². The molecule has 1 aliphatic rings. The molecule has 0 radical (unpaired) electrons. The monoisotopic (exact) mass is 513 g/mol. The molecule has 1 saturated heterocycles. The largest absolute Gasteiger partial charge is 0.494 e. The number of benzene rings is 2. The Kier molecular flexibility index (Phi) is 7.00. The minimum atomic E-state index is -4.56. The number of hydrogen-bond donors (Lipinski definition) is 1. The molecule has 0 bridgehead atoms. The molecule has 0 atom stereocenters. The van der Waals surface area contributed by atoms with Gasteiger partial charge in [0.25, 0.3) is 0 Å². The van der Waals surface area contributed by atoms with Crippen molar-refractivity contribution in [3.63, 3.8) is 0 Å². The number of cyclic esters (lactones) is 1. The van der Waals surface area contributed by atoms with Gasteiger partial charge in [-0.05, 0) is 43.3 Å². The van der Waals surface area contributed by atoms with Crippen molar-refractivity contribution in [3.8, 4) is 11.4 Å². The summed E-state index contributed by atoms with van der Waals surface area (Å²) >= 11 is 0. The summed E-state index contributed by atoms with van der Waals surface area (Å²) in [7, 11) is 1.44. The van der Waals surface area contributed by atoms with Gasteiger partial charge in [-0.25, -0.2) is 14.5 Å². The third kappa shape index (κ3) is 5.63. The number of carbonyl (C=O) groups is 1. The summed E-state index contributed by atoms with van der Waals surface area (Å²) in [5.74, 6) is 0.348. The van der Waals surface area contributed by atoms with Crippen LogP contribution in [0.4, 0.5) is 29.3 Å². The molecule has 1 fully saturated rings. The first kappa shape index (κ1) is 25.5. The van der Waals surface area contributed by atoms with E-state index in [0.717, 1.165) is 12.1 Å². The van der Waals surface area contributed by atoms with Gasteiger partial charge in [0, 0.05) is 24.0 Å². The quantitative estimate of drug-likeness (QED) is 0.495. The van der Waals surface area contributed by atoms with E-state index in [0.29, 0.717) is 23.7 Å². The van der Waals surface area contributed by atoms with E-state index in [1.165, 1.54) is 47.2 Å². The predicted octanol–water partition coefficient (Wildman–Crippen LogP) is 4.20. The molecule has 9 nitrogen and oxygen atoms in total. The Bertz CT molecular complexity index is 1460. The highest BCUT2D eigenvalue weighted by Gasteiger charge is 2.30. The van der Waals surface area contributed by atoms with E-state index in [4.69, 9.17) is 15.2 Å². The van der Waals surface area contributed by atoms with Gasteiger partial charge in [0.2, 0.25) is 5.43 Å². The maximum atomic E-state index is 13.2. The topological polar surface area (TPSA) is 112 Å². The van der Waals surface area contributed by atoms with Crippen molar-refractivity contribution < 1.29 is 27.4 Å². The number of alkyl halides is 3. The highest BCUT2D eigenvalue weighted by Crippen LogP contribution is 2.32. The summed E-state index contributed by atoms with van der Waals surface area (Å²) in [6.07, 6.45) is -2.27. The van der Waals surface area contributed by atoms with Gasteiger partial charge in [-0.1, -0.05) is 6.07 Å². The second-order valence-electron chi connectivity index (χ2n) is 8.03. The molecule has 0 saturated carbocycles. The molecule has 4 rings (SSSR count). The number of aliphatic imine (C=N–C) groups is 1. The molecule has 1 aromatic heterocycles. The van der Waals surface area contributed by atoms with Crippen molar-refractivity contribution in [2.24, 2.45) is 10.7 Å². The fourth-order valence-electron chi connectivity index (χ4n) is 3.63. The van der Waals surface area contributed by atoms with Crippen LogP contribution >= 0.6 is 0 Å². The molecule has 1 amide bonds. The Labute approximate surface area is 209 Å². The highest BCUT2D eigenvalue weighted by atomic mass is 19.4. The second-order valence-corrected chi connectivity index (χ2v) is 8.03. The minimum absolute atomic E-state index is 0.0194. The van der Waals surface area contributed by atoms with Crippen LogP contribution in [-0.4, -0.2) is 41.8 Å². The molecule has 2 aromatic carbocycles. The van der Waals surface area contributed by atoms with Crippen LogP contribution in [0.5, 0.6) is 5.75 Å². The molecular weight excluding hydrogens is 491 g/mol. The third-order valence-electron chi connectivity index (χ3n) is 5.32. The average Bonchev–Trinajstić information content (AvgIpc) is 3.29. The number of carbonyl (C=O) groups excluding carboxylic acids is 1. The summed E-state index contributed by atoms with van der Waals surface area (Å²) < 4.78 is 51.4. The number of rotatable bonds is 6. The van der Waals surface area contributed by atoms with E-state index >= 15 is 0 Å². The normalized spacial score (nSPS) is 14.6. The van der Waals surface area contributed by atoms with Crippen LogP contribution < -0.4 is 20.8 Å². The van der Waals surface area contributed by atoms with Crippen molar-refractivity contribution in [1.82, 2.24) is 9.78 Å². The number of anilines is 1. The lowest BCUT2D eigenvalue weighted by molar-refractivity contribution is -0.137. The maximum absolute atomic E-state index is 13.2. The van der Waals surface area contributed by atoms with Crippen LogP contribution in [0.2, 0.25) is 0 Å². The van der Waals surface area contributed by atoms with Crippen LogP contribution in [0.25, 0.3) is 5.69 Å². The number of hydrogen-bond acceptors (Lipinski definition) is 7. The van der Waals surface area contributed by atoms with Gasteiger partial charge in [-0.2, -0.15) is 18.3 Å². The van der Waals surface area contributed by atoms with Crippen LogP contribution in [0, 0.1) is 0 Å². The van der Waals surface area contributed by atoms with Gasteiger partial charge in [-0.3, -0.25) is 9.69 Å². The standard InChI is InChI=1S/C25H22F3N5O4/c1-15(29)12-19(30-17-5-3-4-16(13-17)25(26,27)28)23-21(34)8-9-33(31-23)20-7-6-18(14-22(20)36-2)32-10-11-37-24(32)35/h3-9,12-14H,10-11,29H2,1-2H3. The lowest BCUT2D eigenvalue weighted by Crippen LogP contribution is -2.23. The Balaban J connectivity index is 1.80. The Morgan fingerprint density at radius 2 is 1.97 bits per heavy atom. The zero-order valence-corrected chi connectivity index (χ0v) is 19.8. The number of amides is 1. The molecule has 1 aliphatic heterocycles. The molecule has 2 heterocycles. The first-order valence-corrected chi connectivity index (χ1v) is 11.0. The second kappa shape index (κ2) is 10.2. The van der Waals surface area contributed by atoms with E-state index in [9.17, 15) is 22.8 Å². The van der Waals surface area contributed by atoms with Gasteiger partial charge in [0.1, 0.15) is 18.0 Å². The van der Waals surface area contributed by atoms with Gasteiger partial charge in [0.15, 0.2) is 5.69 Å². The summed E-state index contributed by atoms with van der Waals surface area (Å²) in [5, 5.41) is 4.38. The molecule has 37 heavy (non-hydrogen) atoms. The number of allylic oxidation sites excluding steroid dienone is 2. The number of nitrogens with zero attached hydrogens (tertiary/aromatic N) is 4. The predicted molar refractivity (Wildman–Crippen MR) is 131 cm³/mol. The van der Waals surface area contributed by atoms with Crippen molar-refractivity contribution in [2.75, 3.05) is 25.2 Å². The summed E-state index contributed by atoms with van der Waals surface area (Å²) in [6, 6.07) is 10.6. The van der Waals surface area contributed by atoms with Crippen molar-refractivity contribution in [2.45, 2.75) is 13.1 Å². The number of ether oxygens (including phenoxy) is 2. The van der Waals surface area contributed by atoms with Crippen molar-refractivity contribution in [3.05, 3.63) is 88.0 Å². The molecule has 0 unspecified atom stereocenters. The van der Waals surface area contributed by atoms with Crippen LogP contribution in [0.3, 0.4) is 0 Å². The SMILES string of the molecule is COc1cc(N2CCOC2=O)ccc1-n1ccc(=O)c(C(C=C(C)N)=Nc2cccc(C(F)(F)F)c2)n1. The molecule has 3 aromatic rings. The number of aromatic nitrogens is 2. The maximum Gasteiger partial charge on any atom is 0.416 e. The molecule has 2 N–H and O–H groups in total. The zero-order valence-electron chi connectivity index (χ0n) is 19.8. The number of methoxy groups -OCH3 is 1. The molecule has 0 aliphatic carbocycles. The van der Waals surface area contributed by atoms with E-state index in [-0.39, 0.29) is 29.4 Å². The summed E-state index contributed by atoms with van der Waals surface area (Å²) in [5.41, 5.74) is 5.48. The Morgan fingerprint density at radius 1 is 1.19 bits per heavy atom. The minimum Gasteiger partial charge on any atom is -0.494 e. The van der Waals surface area contributed by atoms with E-state index in [1.807, 2.05) is 0 Å². The van der Waals surface area contributed by atoms with Crippen LogP contribution in [0.15, 0.2) is 76.3 Å². The van der Waals surface area contributed by atoms with Gasteiger partial charge < -0.3 is 15.2 Å². The smallest absolute Gasteiger partial charge is 0.416 e. The lowest BCUT2D eigenvalue weighted by atomic mass is 10.1. The first-order chi connectivity index (χ1) is 17.6. The van der Waals surface area contributed by atoms with Crippen molar-refractivity contribution in [1.29, 1.82) is 0 Å². The average molecular weight is 513 g/mol. The van der Waals surface area contributed by atoms with Gasteiger partial charge in [-0.15, -0.1) is 0 Å². The van der Waals surface area contributed by atoms with Crippen LogP contribution in [-0.2, 0) is 10.9 Å². The summed E-state index contributed by atoms with van der Waals surface area (Å²) in [4.78, 5) is 30.4. The highest BCUT2D eigenvalue weighted by molar-refractivity contribution is 6.08. The summed E-state index contributed by atoms with van der Waals surface area (Å²) in [6.45, 7) is 2.21. The molecule has 12 heteroatoms. The Morgan fingerprint density at radius 3 is 2.62 bits per heavy atom. The van der Waals surface area contributed by atoms with Crippen LogP contribution in [0.1, 0.15) is 18.2 Å².